The maximum Gasteiger partial charge on any atom is 0.0693 e. The molecule has 0 aromatic rings. The fraction of sp³-hybridized carbons (Fsp3) is 1.00. The summed E-state index contributed by atoms with van der Waals surface area (Å²) in [5.74, 6) is 0.650. The van der Waals surface area contributed by atoms with Crippen LogP contribution in [-0.2, 0) is 4.74 Å². The van der Waals surface area contributed by atoms with Crippen LogP contribution in [-0.4, -0.2) is 23.9 Å². The van der Waals surface area contributed by atoms with Crippen molar-refractivity contribution in [3.05, 3.63) is 0 Å². The zero-order valence-corrected chi connectivity index (χ0v) is 7.63. The van der Waals surface area contributed by atoms with Crippen LogP contribution in [0.25, 0.3) is 0 Å². The number of aliphatic hydroxyl groups is 1. The molecular weight excluding hydrogens is 140 g/mol. The average Bonchev–Trinajstić information content (AvgIpc) is 2.37. The van der Waals surface area contributed by atoms with Crippen molar-refractivity contribution < 1.29 is 9.84 Å². The Bertz CT molecular complexity index is 124. The van der Waals surface area contributed by atoms with Crippen LogP contribution in [0.1, 0.15) is 27.2 Å². The summed E-state index contributed by atoms with van der Waals surface area (Å²) in [5.41, 5.74) is -0.545. The Hall–Kier alpha value is -0.0800. The van der Waals surface area contributed by atoms with Gasteiger partial charge in [0, 0.05) is 12.5 Å². The summed E-state index contributed by atoms with van der Waals surface area (Å²) in [5, 5.41) is 10.0. The standard InChI is InChI=1S/C9H18O2/c1-7(2)9(3,10)8-4-5-11-6-8/h7-8,10H,4-6H2,1-3H3. The molecule has 0 saturated carbocycles. The highest BCUT2D eigenvalue weighted by Crippen LogP contribution is 2.31. The molecular formula is C9H18O2. The van der Waals surface area contributed by atoms with E-state index in [0.29, 0.717) is 11.8 Å². The molecule has 1 N–H and O–H groups in total. The molecule has 2 heteroatoms. The Morgan fingerprint density at radius 2 is 2.18 bits per heavy atom. The zero-order valence-electron chi connectivity index (χ0n) is 7.63. The van der Waals surface area contributed by atoms with E-state index in [-0.39, 0.29) is 0 Å². The number of ether oxygens (including phenoxy) is 1. The molecule has 1 heterocycles. The number of hydrogen-bond acceptors (Lipinski definition) is 2. The first-order valence-electron chi connectivity index (χ1n) is 4.35. The smallest absolute Gasteiger partial charge is 0.0693 e. The molecule has 0 aromatic carbocycles. The molecule has 0 radical (unpaired) electrons. The first kappa shape index (κ1) is 9.01. The minimum Gasteiger partial charge on any atom is -0.390 e. The molecule has 11 heavy (non-hydrogen) atoms. The maximum absolute atomic E-state index is 10.0. The lowest BCUT2D eigenvalue weighted by atomic mass is 9.80. The van der Waals surface area contributed by atoms with E-state index in [1.165, 1.54) is 0 Å². The van der Waals surface area contributed by atoms with Gasteiger partial charge in [-0.05, 0) is 19.3 Å². The van der Waals surface area contributed by atoms with Crippen LogP contribution >= 0.6 is 0 Å². The molecule has 2 atom stereocenters. The van der Waals surface area contributed by atoms with E-state index in [4.69, 9.17) is 4.74 Å². The first-order valence-corrected chi connectivity index (χ1v) is 4.35. The quantitative estimate of drug-likeness (QED) is 0.658. The second kappa shape index (κ2) is 3.11. The van der Waals surface area contributed by atoms with Gasteiger partial charge in [0.25, 0.3) is 0 Å². The Balaban J connectivity index is 2.55. The van der Waals surface area contributed by atoms with Crippen molar-refractivity contribution in [1.82, 2.24) is 0 Å². The normalized spacial score (nSPS) is 30.8. The van der Waals surface area contributed by atoms with Gasteiger partial charge < -0.3 is 9.84 Å². The van der Waals surface area contributed by atoms with Gasteiger partial charge in [0.05, 0.1) is 12.2 Å². The van der Waals surface area contributed by atoms with Gasteiger partial charge in [-0.1, -0.05) is 13.8 Å². The Morgan fingerprint density at radius 3 is 2.55 bits per heavy atom. The molecule has 1 aliphatic heterocycles. The summed E-state index contributed by atoms with van der Waals surface area (Å²) in [6.45, 7) is 7.56. The second-order valence-corrected chi connectivity index (χ2v) is 3.94. The molecule has 66 valence electrons. The van der Waals surface area contributed by atoms with E-state index in [1.807, 2.05) is 6.92 Å². The van der Waals surface area contributed by atoms with Gasteiger partial charge in [-0.15, -0.1) is 0 Å². The monoisotopic (exact) mass is 158 g/mol. The fourth-order valence-electron chi connectivity index (χ4n) is 1.47. The van der Waals surface area contributed by atoms with Crippen molar-refractivity contribution in [2.75, 3.05) is 13.2 Å². The molecule has 1 aliphatic rings. The van der Waals surface area contributed by atoms with E-state index >= 15 is 0 Å². The van der Waals surface area contributed by atoms with Gasteiger partial charge >= 0.3 is 0 Å². The molecule has 0 bridgehead atoms. The van der Waals surface area contributed by atoms with Crippen LogP contribution in [0.15, 0.2) is 0 Å². The van der Waals surface area contributed by atoms with Crippen LogP contribution in [0.3, 0.4) is 0 Å². The lowest BCUT2D eigenvalue weighted by Crippen LogP contribution is -2.40. The van der Waals surface area contributed by atoms with Crippen molar-refractivity contribution in [1.29, 1.82) is 0 Å². The van der Waals surface area contributed by atoms with Gasteiger partial charge in [-0.2, -0.15) is 0 Å². The van der Waals surface area contributed by atoms with Crippen molar-refractivity contribution >= 4 is 0 Å². The maximum atomic E-state index is 10.0. The fourth-order valence-corrected chi connectivity index (χ4v) is 1.47. The molecule has 0 aliphatic carbocycles. The SMILES string of the molecule is CC(C)C(C)(O)C1CCOC1. The van der Waals surface area contributed by atoms with E-state index in [0.717, 1.165) is 19.6 Å². The third kappa shape index (κ3) is 1.74. The van der Waals surface area contributed by atoms with Crippen LogP contribution in [0, 0.1) is 11.8 Å². The topological polar surface area (TPSA) is 29.5 Å². The predicted octanol–water partition coefficient (Wildman–Crippen LogP) is 1.43. The van der Waals surface area contributed by atoms with Gasteiger partial charge in [0.15, 0.2) is 0 Å². The second-order valence-electron chi connectivity index (χ2n) is 3.94. The van der Waals surface area contributed by atoms with Gasteiger partial charge in [0.1, 0.15) is 0 Å². The highest BCUT2D eigenvalue weighted by atomic mass is 16.5. The van der Waals surface area contributed by atoms with Crippen molar-refractivity contribution in [2.45, 2.75) is 32.8 Å². The third-order valence-corrected chi connectivity index (χ3v) is 2.93. The molecule has 0 amide bonds. The summed E-state index contributed by atoms with van der Waals surface area (Å²) in [7, 11) is 0. The highest BCUT2D eigenvalue weighted by molar-refractivity contribution is 4.86. The molecule has 2 nitrogen and oxygen atoms in total. The van der Waals surface area contributed by atoms with E-state index < -0.39 is 5.60 Å². The van der Waals surface area contributed by atoms with Crippen LogP contribution in [0.2, 0.25) is 0 Å². The molecule has 2 unspecified atom stereocenters. The minimum atomic E-state index is -0.545. The van der Waals surface area contributed by atoms with Crippen LogP contribution < -0.4 is 0 Å². The third-order valence-electron chi connectivity index (χ3n) is 2.93. The molecule has 1 rings (SSSR count). The molecule has 1 fully saturated rings. The molecule has 0 spiro atoms. The van der Waals surface area contributed by atoms with Gasteiger partial charge in [-0.25, -0.2) is 0 Å². The Morgan fingerprint density at radius 1 is 1.55 bits per heavy atom. The summed E-state index contributed by atoms with van der Waals surface area (Å²) in [6, 6.07) is 0. The summed E-state index contributed by atoms with van der Waals surface area (Å²) in [4.78, 5) is 0. The van der Waals surface area contributed by atoms with Crippen molar-refractivity contribution in [2.24, 2.45) is 11.8 Å². The number of rotatable bonds is 2. The predicted molar refractivity (Wildman–Crippen MR) is 44.4 cm³/mol. The summed E-state index contributed by atoms with van der Waals surface area (Å²) >= 11 is 0. The average molecular weight is 158 g/mol. The first-order chi connectivity index (χ1) is 5.05. The van der Waals surface area contributed by atoms with Crippen molar-refractivity contribution in [3.63, 3.8) is 0 Å². The molecule has 1 saturated heterocycles. The van der Waals surface area contributed by atoms with Crippen LogP contribution in [0.4, 0.5) is 0 Å². The van der Waals surface area contributed by atoms with Gasteiger partial charge in [0.2, 0.25) is 0 Å². The zero-order chi connectivity index (χ0) is 8.48. The summed E-state index contributed by atoms with van der Waals surface area (Å²) in [6.07, 6.45) is 1.01. The minimum absolute atomic E-state index is 0.314. The highest BCUT2D eigenvalue weighted by Gasteiger charge is 2.36. The van der Waals surface area contributed by atoms with Gasteiger partial charge in [-0.3, -0.25) is 0 Å². The summed E-state index contributed by atoms with van der Waals surface area (Å²) < 4.78 is 5.23. The Kier molecular flexibility index (Phi) is 2.55. The Labute approximate surface area is 68.6 Å². The largest absolute Gasteiger partial charge is 0.390 e. The van der Waals surface area contributed by atoms with Crippen LogP contribution in [0.5, 0.6) is 0 Å². The lowest BCUT2D eigenvalue weighted by molar-refractivity contribution is -0.0437. The number of hydrogen-bond donors (Lipinski definition) is 1. The van der Waals surface area contributed by atoms with E-state index in [9.17, 15) is 5.11 Å². The molecule has 0 aromatic heterocycles. The van der Waals surface area contributed by atoms with Crippen molar-refractivity contribution in [3.8, 4) is 0 Å². The van der Waals surface area contributed by atoms with E-state index in [1.54, 1.807) is 0 Å². The lowest BCUT2D eigenvalue weighted by Gasteiger charge is -2.32. The van der Waals surface area contributed by atoms with E-state index in [2.05, 4.69) is 13.8 Å².